The molecule has 0 unspecified atom stereocenters. The van der Waals surface area contributed by atoms with Gasteiger partial charge in [-0.1, -0.05) is 0 Å². The van der Waals surface area contributed by atoms with E-state index in [2.05, 4.69) is 10.2 Å². The monoisotopic (exact) mass is 243 g/mol. The van der Waals surface area contributed by atoms with Crippen molar-refractivity contribution in [2.45, 2.75) is 18.8 Å². The molecule has 7 heteroatoms. The van der Waals surface area contributed by atoms with Gasteiger partial charge in [0, 0.05) is 5.92 Å². The molecule has 0 spiro atoms. The topological polar surface area (TPSA) is 106 Å². The standard InChI is InChI=1S/C9H13N3O3S/c10-7-5-8(11-12-9(7)13)6-1-3-16(14,15)4-2-6/h5-6H,1-4H2,(H2,10,11)(H,12,13). The summed E-state index contributed by atoms with van der Waals surface area (Å²) in [5.74, 6) is 0.430. The number of H-pyrrole nitrogens is 1. The van der Waals surface area contributed by atoms with Crippen molar-refractivity contribution in [3.8, 4) is 0 Å². The average molecular weight is 243 g/mol. The fourth-order valence-electron chi connectivity index (χ4n) is 1.83. The maximum atomic E-state index is 11.2. The van der Waals surface area contributed by atoms with E-state index in [-0.39, 0.29) is 23.1 Å². The molecule has 1 fully saturated rings. The van der Waals surface area contributed by atoms with Gasteiger partial charge in [0.15, 0.2) is 0 Å². The van der Waals surface area contributed by atoms with Gasteiger partial charge in [0.25, 0.3) is 5.56 Å². The molecule has 0 radical (unpaired) electrons. The molecule has 1 aromatic rings. The molecule has 2 rings (SSSR count). The van der Waals surface area contributed by atoms with Crippen LogP contribution >= 0.6 is 0 Å². The first-order chi connectivity index (χ1) is 7.48. The lowest BCUT2D eigenvalue weighted by atomic mass is 9.98. The molecular formula is C9H13N3O3S. The van der Waals surface area contributed by atoms with Crippen molar-refractivity contribution >= 4 is 15.5 Å². The summed E-state index contributed by atoms with van der Waals surface area (Å²) in [4.78, 5) is 11.0. The van der Waals surface area contributed by atoms with Crippen molar-refractivity contribution < 1.29 is 8.42 Å². The zero-order chi connectivity index (χ0) is 11.8. The molecule has 88 valence electrons. The van der Waals surface area contributed by atoms with Gasteiger partial charge in [0.05, 0.1) is 17.2 Å². The van der Waals surface area contributed by atoms with Crippen molar-refractivity contribution in [2.24, 2.45) is 0 Å². The number of nitrogens with two attached hydrogens (primary N) is 1. The molecule has 0 aliphatic carbocycles. The van der Waals surface area contributed by atoms with Crippen LogP contribution in [0.4, 0.5) is 5.69 Å². The Morgan fingerprint density at radius 1 is 1.38 bits per heavy atom. The first kappa shape index (κ1) is 11.1. The van der Waals surface area contributed by atoms with E-state index in [1.807, 2.05) is 0 Å². The number of rotatable bonds is 1. The second kappa shape index (κ2) is 3.89. The van der Waals surface area contributed by atoms with Crippen molar-refractivity contribution in [3.63, 3.8) is 0 Å². The van der Waals surface area contributed by atoms with Crippen LogP contribution in [0.3, 0.4) is 0 Å². The van der Waals surface area contributed by atoms with Crippen LogP contribution in [0.15, 0.2) is 10.9 Å². The Morgan fingerprint density at radius 2 is 2.00 bits per heavy atom. The molecular weight excluding hydrogens is 230 g/mol. The van der Waals surface area contributed by atoms with Gasteiger partial charge in [-0.2, -0.15) is 5.10 Å². The van der Waals surface area contributed by atoms with Gasteiger partial charge < -0.3 is 5.73 Å². The van der Waals surface area contributed by atoms with Crippen molar-refractivity contribution in [3.05, 3.63) is 22.1 Å². The molecule has 0 bridgehead atoms. The molecule has 0 atom stereocenters. The predicted molar refractivity (Wildman–Crippen MR) is 59.9 cm³/mol. The SMILES string of the molecule is Nc1cc(C2CCS(=O)(=O)CC2)n[nH]c1=O. The Morgan fingerprint density at radius 3 is 2.56 bits per heavy atom. The quantitative estimate of drug-likeness (QED) is 0.701. The average Bonchev–Trinajstić information content (AvgIpc) is 2.22. The summed E-state index contributed by atoms with van der Waals surface area (Å²) in [7, 11) is -2.87. The normalized spacial score (nSPS) is 20.8. The van der Waals surface area contributed by atoms with E-state index in [0.29, 0.717) is 18.5 Å². The highest BCUT2D eigenvalue weighted by atomic mass is 32.2. The van der Waals surface area contributed by atoms with E-state index in [1.54, 1.807) is 0 Å². The lowest BCUT2D eigenvalue weighted by Gasteiger charge is -2.20. The second-order valence-corrected chi connectivity index (χ2v) is 6.31. The minimum Gasteiger partial charge on any atom is -0.394 e. The van der Waals surface area contributed by atoms with Crippen LogP contribution in [0.25, 0.3) is 0 Å². The molecule has 16 heavy (non-hydrogen) atoms. The van der Waals surface area contributed by atoms with Crippen molar-refractivity contribution in [1.82, 2.24) is 10.2 Å². The second-order valence-electron chi connectivity index (χ2n) is 4.00. The van der Waals surface area contributed by atoms with Gasteiger partial charge >= 0.3 is 0 Å². The van der Waals surface area contributed by atoms with Crippen LogP contribution in [-0.2, 0) is 9.84 Å². The van der Waals surface area contributed by atoms with E-state index in [0.717, 1.165) is 0 Å². The number of sulfone groups is 1. The smallest absolute Gasteiger partial charge is 0.287 e. The number of hydrogen-bond acceptors (Lipinski definition) is 5. The Kier molecular flexibility index (Phi) is 2.71. The van der Waals surface area contributed by atoms with Crippen molar-refractivity contribution in [2.75, 3.05) is 17.2 Å². The third-order valence-electron chi connectivity index (χ3n) is 2.83. The molecule has 6 nitrogen and oxygen atoms in total. The van der Waals surface area contributed by atoms with Crippen LogP contribution in [0.5, 0.6) is 0 Å². The third kappa shape index (κ3) is 2.24. The summed E-state index contributed by atoms with van der Waals surface area (Å²) in [5.41, 5.74) is 5.87. The van der Waals surface area contributed by atoms with E-state index < -0.39 is 15.4 Å². The fraction of sp³-hybridized carbons (Fsp3) is 0.556. The predicted octanol–water partition coefficient (Wildman–Crippen LogP) is -0.356. The van der Waals surface area contributed by atoms with Crippen molar-refractivity contribution in [1.29, 1.82) is 0 Å². The number of anilines is 1. The van der Waals surface area contributed by atoms with E-state index in [4.69, 9.17) is 5.73 Å². The third-order valence-corrected chi connectivity index (χ3v) is 4.54. The number of nitrogens with one attached hydrogen (secondary N) is 1. The highest BCUT2D eigenvalue weighted by Crippen LogP contribution is 2.27. The summed E-state index contributed by atoms with van der Waals surface area (Å²) >= 11 is 0. The Labute approximate surface area is 92.8 Å². The van der Waals surface area contributed by atoms with Crippen LogP contribution in [0.1, 0.15) is 24.5 Å². The minimum atomic E-state index is -2.87. The van der Waals surface area contributed by atoms with E-state index >= 15 is 0 Å². The van der Waals surface area contributed by atoms with E-state index in [1.165, 1.54) is 6.07 Å². The number of hydrogen-bond donors (Lipinski definition) is 2. The zero-order valence-corrected chi connectivity index (χ0v) is 9.46. The van der Waals surface area contributed by atoms with Gasteiger partial charge in [-0.15, -0.1) is 0 Å². The maximum Gasteiger partial charge on any atom is 0.287 e. The summed E-state index contributed by atoms with van der Waals surface area (Å²) in [5, 5.41) is 6.20. The lowest BCUT2D eigenvalue weighted by Crippen LogP contribution is -2.24. The summed E-state index contributed by atoms with van der Waals surface area (Å²) in [6.45, 7) is 0. The van der Waals surface area contributed by atoms with Crippen LogP contribution in [0.2, 0.25) is 0 Å². The molecule has 1 aliphatic rings. The Balaban J connectivity index is 2.20. The number of aromatic nitrogens is 2. The maximum absolute atomic E-state index is 11.2. The first-order valence-electron chi connectivity index (χ1n) is 5.03. The largest absolute Gasteiger partial charge is 0.394 e. The van der Waals surface area contributed by atoms with Crippen LogP contribution in [0, 0.1) is 0 Å². The van der Waals surface area contributed by atoms with Gasteiger partial charge in [-0.05, 0) is 18.9 Å². The van der Waals surface area contributed by atoms with Crippen LogP contribution < -0.4 is 11.3 Å². The fourth-order valence-corrected chi connectivity index (χ4v) is 3.32. The zero-order valence-electron chi connectivity index (χ0n) is 8.64. The van der Waals surface area contributed by atoms with Gasteiger partial charge in [-0.3, -0.25) is 4.79 Å². The van der Waals surface area contributed by atoms with Gasteiger partial charge in [0.2, 0.25) is 0 Å². The molecule has 2 heterocycles. The molecule has 1 saturated heterocycles. The number of nitrogens with zero attached hydrogens (tertiary/aromatic N) is 1. The first-order valence-corrected chi connectivity index (χ1v) is 6.85. The van der Waals surface area contributed by atoms with Gasteiger partial charge in [-0.25, -0.2) is 13.5 Å². The molecule has 1 aliphatic heterocycles. The Hall–Kier alpha value is -1.37. The lowest BCUT2D eigenvalue weighted by molar-refractivity contribution is 0.541. The van der Waals surface area contributed by atoms with Crippen LogP contribution in [-0.4, -0.2) is 30.1 Å². The Bertz CT molecular complexity index is 535. The molecule has 3 N–H and O–H groups in total. The molecule has 0 amide bonds. The molecule has 1 aromatic heterocycles. The minimum absolute atomic E-state index is 0.0719. The highest BCUT2D eigenvalue weighted by Gasteiger charge is 2.25. The summed E-state index contributed by atoms with van der Waals surface area (Å²) < 4.78 is 22.5. The molecule has 0 saturated carbocycles. The van der Waals surface area contributed by atoms with E-state index in [9.17, 15) is 13.2 Å². The molecule has 0 aromatic carbocycles. The number of aromatic amines is 1. The number of nitrogen functional groups attached to an aromatic ring is 1. The van der Waals surface area contributed by atoms with Gasteiger partial charge in [0.1, 0.15) is 15.5 Å². The highest BCUT2D eigenvalue weighted by molar-refractivity contribution is 7.91. The summed E-state index contributed by atoms with van der Waals surface area (Å²) in [6, 6.07) is 1.53. The summed E-state index contributed by atoms with van der Waals surface area (Å²) in [6.07, 6.45) is 1.08.